The molecule has 1 unspecified atom stereocenters. The second kappa shape index (κ2) is 6.86. The lowest BCUT2D eigenvalue weighted by Gasteiger charge is -2.28. The number of primary amides is 1. The first-order chi connectivity index (χ1) is 12.8. The van der Waals surface area contributed by atoms with Crippen LogP contribution < -0.4 is 5.73 Å². The summed E-state index contributed by atoms with van der Waals surface area (Å²) < 4.78 is 1.33. The Bertz CT molecular complexity index is 890. The summed E-state index contributed by atoms with van der Waals surface area (Å²) in [5, 5.41) is 13.9. The van der Waals surface area contributed by atoms with E-state index in [9.17, 15) is 19.5 Å². The third kappa shape index (κ3) is 3.18. The first kappa shape index (κ1) is 18.6. The van der Waals surface area contributed by atoms with Crippen molar-refractivity contribution in [2.75, 3.05) is 13.1 Å². The highest BCUT2D eigenvalue weighted by Gasteiger charge is 2.48. The van der Waals surface area contributed by atoms with Crippen LogP contribution in [0.3, 0.4) is 0 Å². The molecule has 27 heavy (non-hydrogen) atoms. The van der Waals surface area contributed by atoms with Gasteiger partial charge < -0.3 is 15.7 Å². The SMILES string of the molecule is CC(C)C1(C(=O)O)CCN(C(=O)c2cc(C(N)=O)n(-c3ccccc3)n2)C1. The van der Waals surface area contributed by atoms with Crippen molar-refractivity contribution in [3.63, 3.8) is 0 Å². The van der Waals surface area contributed by atoms with Gasteiger partial charge in [-0.25, -0.2) is 4.68 Å². The number of carbonyl (C=O) groups excluding carboxylic acids is 2. The highest BCUT2D eigenvalue weighted by atomic mass is 16.4. The average Bonchev–Trinajstić information content (AvgIpc) is 3.28. The average molecular weight is 370 g/mol. The van der Waals surface area contributed by atoms with Crippen LogP contribution in [-0.2, 0) is 4.79 Å². The molecule has 8 nitrogen and oxygen atoms in total. The summed E-state index contributed by atoms with van der Waals surface area (Å²) in [6.07, 6.45) is 0.383. The minimum absolute atomic E-state index is 0.0672. The van der Waals surface area contributed by atoms with Crippen molar-refractivity contribution in [3.05, 3.63) is 47.8 Å². The maximum Gasteiger partial charge on any atom is 0.311 e. The number of aliphatic carboxylic acids is 1. The van der Waals surface area contributed by atoms with E-state index in [2.05, 4.69) is 5.10 Å². The molecule has 3 rings (SSSR count). The fourth-order valence-corrected chi connectivity index (χ4v) is 3.49. The summed E-state index contributed by atoms with van der Waals surface area (Å²) >= 11 is 0. The van der Waals surface area contributed by atoms with Crippen LogP contribution in [0.15, 0.2) is 36.4 Å². The van der Waals surface area contributed by atoms with Crippen molar-refractivity contribution in [1.82, 2.24) is 14.7 Å². The molecule has 2 aromatic rings. The van der Waals surface area contributed by atoms with Crippen molar-refractivity contribution >= 4 is 17.8 Å². The van der Waals surface area contributed by atoms with Gasteiger partial charge in [-0.1, -0.05) is 32.0 Å². The lowest BCUT2D eigenvalue weighted by atomic mass is 9.76. The molecule has 1 aromatic heterocycles. The van der Waals surface area contributed by atoms with E-state index in [1.54, 1.807) is 24.3 Å². The maximum absolute atomic E-state index is 12.9. The molecule has 1 fully saturated rings. The predicted molar refractivity (Wildman–Crippen MR) is 97.5 cm³/mol. The predicted octanol–water partition coefficient (Wildman–Crippen LogP) is 1.54. The number of benzene rings is 1. The Hall–Kier alpha value is -3.16. The number of nitrogens with zero attached hydrogens (tertiary/aromatic N) is 3. The van der Waals surface area contributed by atoms with Crippen LogP contribution in [0.25, 0.3) is 5.69 Å². The van der Waals surface area contributed by atoms with Crippen LogP contribution in [0.1, 0.15) is 41.2 Å². The van der Waals surface area contributed by atoms with E-state index < -0.39 is 23.2 Å². The Balaban J connectivity index is 1.93. The van der Waals surface area contributed by atoms with Gasteiger partial charge in [-0.15, -0.1) is 0 Å². The second-order valence-corrected chi connectivity index (χ2v) is 7.12. The lowest BCUT2D eigenvalue weighted by Crippen LogP contribution is -2.40. The largest absolute Gasteiger partial charge is 0.481 e. The number of carboxylic acid groups (broad SMARTS) is 1. The molecule has 0 radical (unpaired) electrons. The van der Waals surface area contributed by atoms with E-state index in [4.69, 9.17) is 5.73 Å². The van der Waals surface area contributed by atoms with E-state index >= 15 is 0 Å². The Morgan fingerprint density at radius 2 is 1.89 bits per heavy atom. The van der Waals surface area contributed by atoms with Crippen LogP contribution in [-0.4, -0.2) is 50.7 Å². The second-order valence-electron chi connectivity index (χ2n) is 7.12. The van der Waals surface area contributed by atoms with Gasteiger partial charge in [0.25, 0.3) is 11.8 Å². The number of para-hydroxylation sites is 1. The van der Waals surface area contributed by atoms with Gasteiger partial charge in [-0.05, 0) is 24.5 Å². The van der Waals surface area contributed by atoms with E-state index in [0.29, 0.717) is 18.7 Å². The number of likely N-dealkylation sites (tertiary alicyclic amines) is 1. The van der Waals surface area contributed by atoms with Gasteiger partial charge in [-0.2, -0.15) is 5.10 Å². The lowest BCUT2D eigenvalue weighted by molar-refractivity contribution is -0.150. The van der Waals surface area contributed by atoms with Gasteiger partial charge in [0.2, 0.25) is 0 Å². The van der Waals surface area contributed by atoms with E-state index in [1.807, 2.05) is 19.9 Å². The number of rotatable bonds is 5. The Kier molecular flexibility index (Phi) is 4.73. The maximum atomic E-state index is 12.9. The molecule has 1 aromatic carbocycles. The molecule has 8 heteroatoms. The molecule has 1 aliphatic rings. The summed E-state index contributed by atoms with van der Waals surface area (Å²) in [5.74, 6) is -2.12. The fourth-order valence-electron chi connectivity index (χ4n) is 3.49. The molecular weight excluding hydrogens is 348 g/mol. The Morgan fingerprint density at radius 1 is 1.22 bits per heavy atom. The highest BCUT2D eigenvalue weighted by Crippen LogP contribution is 2.38. The number of hydrogen-bond donors (Lipinski definition) is 2. The molecule has 142 valence electrons. The highest BCUT2D eigenvalue weighted by molar-refractivity contribution is 5.98. The van der Waals surface area contributed by atoms with Crippen LogP contribution in [0.4, 0.5) is 0 Å². The summed E-state index contributed by atoms with van der Waals surface area (Å²) in [7, 11) is 0. The minimum atomic E-state index is -0.968. The van der Waals surface area contributed by atoms with Gasteiger partial charge in [0.1, 0.15) is 5.69 Å². The first-order valence-corrected chi connectivity index (χ1v) is 8.74. The molecule has 1 saturated heterocycles. The van der Waals surface area contributed by atoms with Gasteiger partial charge >= 0.3 is 5.97 Å². The number of carboxylic acids is 1. The number of amides is 2. The molecule has 0 saturated carbocycles. The quantitative estimate of drug-likeness (QED) is 0.828. The molecular formula is C19H22N4O4. The van der Waals surface area contributed by atoms with E-state index in [-0.39, 0.29) is 23.9 Å². The summed E-state index contributed by atoms with van der Waals surface area (Å²) in [4.78, 5) is 38.0. The van der Waals surface area contributed by atoms with Crippen molar-refractivity contribution < 1.29 is 19.5 Å². The molecule has 2 heterocycles. The third-order valence-corrected chi connectivity index (χ3v) is 5.30. The van der Waals surface area contributed by atoms with Gasteiger partial charge in [0.15, 0.2) is 5.69 Å². The summed E-state index contributed by atoms with van der Waals surface area (Å²) in [6.45, 7) is 4.13. The normalized spacial score (nSPS) is 19.4. The fraction of sp³-hybridized carbons (Fsp3) is 0.368. The topological polar surface area (TPSA) is 119 Å². The van der Waals surface area contributed by atoms with Crippen molar-refractivity contribution in [3.8, 4) is 5.69 Å². The smallest absolute Gasteiger partial charge is 0.311 e. The monoisotopic (exact) mass is 370 g/mol. The summed E-state index contributed by atoms with van der Waals surface area (Å²) in [6, 6.07) is 10.2. The van der Waals surface area contributed by atoms with Crippen LogP contribution in [0, 0.1) is 11.3 Å². The van der Waals surface area contributed by atoms with Crippen LogP contribution in [0.5, 0.6) is 0 Å². The van der Waals surface area contributed by atoms with Gasteiger partial charge in [-0.3, -0.25) is 14.4 Å². The molecule has 2 amide bonds. The van der Waals surface area contributed by atoms with Crippen molar-refractivity contribution in [2.45, 2.75) is 20.3 Å². The van der Waals surface area contributed by atoms with Gasteiger partial charge in [0.05, 0.1) is 11.1 Å². The van der Waals surface area contributed by atoms with Gasteiger partial charge in [0, 0.05) is 19.2 Å². The van der Waals surface area contributed by atoms with Crippen LogP contribution in [0.2, 0.25) is 0 Å². The molecule has 1 aliphatic heterocycles. The molecule has 0 bridgehead atoms. The Morgan fingerprint density at radius 3 is 2.41 bits per heavy atom. The number of aromatic nitrogens is 2. The zero-order chi connectivity index (χ0) is 19.8. The molecule has 1 atom stereocenters. The first-order valence-electron chi connectivity index (χ1n) is 8.74. The number of carbonyl (C=O) groups is 3. The number of hydrogen-bond acceptors (Lipinski definition) is 4. The minimum Gasteiger partial charge on any atom is -0.481 e. The summed E-state index contributed by atoms with van der Waals surface area (Å²) in [5.41, 5.74) is 5.24. The van der Waals surface area contributed by atoms with Crippen molar-refractivity contribution in [2.24, 2.45) is 17.1 Å². The number of nitrogens with two attached hydrogens (primary N) is 1. The standard InChI is InChI=1S/C19H22N4O4/c1-12(2)19(18(26)27)8-9-22(11-19)17(25)14-10-15(16(20)24)23(21-14)13-6-4-3-5-7-13/h3-7,10,12H,8-9,11H2,1-2H3,(H2,20,24)(H,26,27). The van der Waals surface area contributed by atoms with E-state index in [0.717, 1.165) is 0 Å². The van der Waals surface area contributed by atoms with Crippen LogP contribution >= 0.6 is 0 Å². The zero-order valence-corrected chi connectivity index (χ0v) is 15.3. The Labute approximate surface area is 156 Å². The molecule has 0 aliphatic carbocycles. The van der Waals surface area contributed by atoms with E-state index in [1.165, 1.54) is 15.6 Å². The third-order valence-electron chi connectivity index (χ3n) is 5.30. The molecule has 0 spiro atoms. The molecule has 3 N–H and O–H groups in total. The zero-order valence-electron chi connectivity index (χ0n) is 15.3. The van der Waals surface area contributed by atoms with Crippen molar-refractivity contribution in [1.29, 1.82) is 0 Å².